The maximum absolute atomic E-state index is 14.0. The molecule has 3 heterocycles. The van der Waals surface area contributed by atoms with Gasteiger partial charge < -0.3 is 24.2 Å². The van der Waals surface area contributed by atoms with E-state index in [1.54, 1.807) is 32.2 Å². The number of amides is 2. The quantitative estimate of drug-likeness (QED) is 0.375. The highest BCUT2D eigenvalue weighted by Gasteiger charge is 2.49. The second-order valence-electron chi connectivity index (χ2n) is 15.6. The van der Waals surface area contributed by atoms with E-state index in [0.29, 0.717) is 49.5 Å². The number of allylic oxidation sites excluding steroid dienone is 1. The summed E-state index contributed by atoms with van der Waals surface area (Å²) in [7, 11) is 1.82. The molecular weight excluding hydrogens is 700 g/mol. The van der Waals surface area contributed by atoms with E-state index in [9.17, 15) is 18.0 Å². The molecule has 0 radical (unpaired) electrons. The lowest BCUT2D eigenvalue weighted by atomic mass is 9.63. The van der Waals surface area contributed by atoms with E-state index in [-0.39, 0.29) is 35.6 Å². The van der Waals surface area contributed by atoms with Crippen LogP contribution in [0, 0.1) is 17.8 Å². The second-order valence-corrected chi connectivity index (χ2v) is 18.1. The fourth-order valence-electron chi connectivity index (χ4n) is 8.40. The maximum atomic E-state index is 14.0. The summed E-state index contributed by atoms with van der Waals surface area (Å²) in [5, 5.41) is -0.147. The number of likely N-dealkylation sites (N-methyl/N-ethyl adjacent to an activating group) is 1. The average Bonchev–Trinajstić information content (AvgIpc) is 3.60. The standard InChI is InChI=1S/C40H55ClN4O6S/c1-27-9-8-18-40(50-5,23-38(46)45-20-17-34(25-45)43(3)4)35-15-12-31(35)24-44-19-7-6-10-29-21-33(41)14-11-32(29)26-51-37-16-13-30(22-36(37)44)39(47)42-52(48,49)28(27)2/h8,11,13-14,16,18,21-22,27-28,31,34-35H,6-7,9-10,12,15,17,19-20,23-26H2,1-5H3,(H,42,47)/b18-8+/t27-,28+,31-,34+,35+,40-/m0/s1. The van der Waals surface area contributed by atoms with Crippen LogP contribution in [-0.2, 0) is 32.6 Å². The number of halogens is 1. The third kappa shape index (κ3) is 8.32. The van der Waals surface area contributed by atoms with E-state index in [1.165, 1.54) is 0 Å². The van der Waals surface area contributed by atoms with Crippen LogP contribution in [-0.4, -0.2) is 94.3 Å². The van der Waals surface area contributed by atoms with Crippen molar-refractivity contribution in [2.45, 2.75) is 88.7 Å². The molecule has 6 atom stereocenters. The molecule has 1 N–H and O–H groups in total. The van der Waals surface area contributed by atoms with E-state index in [4.69, 9.17) is 21.1 Å². The number of likely N-dealkylation sites (tertiary alicyclic amines) is 1. The van der Waals surface area contributed by atoms with Crippen LogP contribution in [0.3, 0.4) is 0 Å². The van der Waals surface area contributed by atoms with E-state index >= 15 is 0 Å². The average molecular weight is 755 g/mol. The van der Waals surface area contributed by atoms with Gasteiger partial charge in [0, 0.05) is 49.9 Å². The highest BCUT2D eigenvalue weighted by Crippen LogP contribution is 2.48. The summed E-state index contributed by atoms with van der Waals surface area (Å²) < 4.78 is 42.4. The Hall–Kier alpha value is -3.12. The summed E-state index contributed by atoms with van der Waals surface area (Å²) in [6.07, 6.45) is 10.2. The first-order chi connectivity index (χ1) is 24.8. The van der Waals surface area contributed by atoms with Crippen LogP contribution in [0.5, 0.6) is 5.75 Å². The van der Waals surface area contributed by atoms with Gasteiger partial charge in [0.15, 0.2) is 0 Å². The van der Waals surface area contributed by atoms with Crippen molar-refractivity contribution in [3.63, 3.8) is 0 Å². The number of anilines is 1. The van der Waals surface area contributed by atoms with Gasteiger partial charge in [-0.25, -0.2) is 13.1 Å². The van der Waals surface area contributed by atoms with Gasteiger partial charge in [-0.1, -0.05) is 36.7 Å². The Kier molecular flexibility index (Phi) is 11.9. The smallest absolute Gasteiger partial charge is 0.264 e. The number of hydrogen-bond acceptors (Lipinski definition) is 8. The Labute approximate surface area is 314 Å². The molecule has 52 heavy (non-hydrogen) atoms. The normalized spacial score (nSPS) is 30.2. The molecule has 0 spiro atoms. The molecule has 10 nitrogen and oxygen atoms in total. The number of aryl methyl sites for hydroxylation is 1. The number of carbonyl (C=O) groups is 2. The molecule has 12 heteroatoms. The van der Waals surface area contributed by atoms with E-state index in [1.807, 2.05) is 42.2 Å². The summed E-state index contributed by atoms with van der Waals surface area (Å²) in [4.78, 5) is 34.1. The van der Waals surface area contributed by atoms with Gasteiger partial charge in [-0.2, -0.15) is 0 Å². The number of sulfonamides is 1. The fourth-order valence-corrected chi connectivity index (χ4v) is 9.88. The van der Waals surface area contributed by atoms with Crippen molar-refractivity contribution in [1.29, 1.82) is 0 Å². The monoisotopic (exact) mass is 754 g/mol. The fraction of sp³-hybridized carbons (Fsp3) is 0.600. The maximum Gasteiger partial charge on any atom is 0.264 e. The van der Waals surface area contributed by atoms with Gasteiger partial charge in [-0.3, -0.25) is 9.59 Å². The van der Waals surface area contributed by atoms with Gasteiger partial charge >= 0.3 is 0 Å². The van der Waals surface area contributed by atoms with Crippen molar-refractivity contribution in [3.05, 3.63) is 70.3 Å². The summed E-state index contributed by atoms with van der Waals surface area (Å²) in [6, 6.07) is 11.4. The molecule has 4 aliphatic rings. The van der Waals surface area contributed by atoms with Crippen molar-refractivity contribution in [2.24, 2.45) is 17.8 Å². The van der Waals surface area contributed by atoms with Crippen LogP contribution in [0.4, 0.5) is 5.69 Å². The highest BCUT2D eigenvalue weighted by atomic mass is 35.5. The molecule has 2 amide bonds. The molecule has 3 aliphatic heterocycles. The molecule has 0 unspecified atom stereocenters. The Balaban J connectivity index is 1.38. The summed E-state index contributed by atoms with van der Waals surface area (Å²) in [5.41, 5.74) is 2.38. The van der Waals surface area contributed by atoms with Crippen LogP contribution in [0.25, 0.3) is 0 Å². The van der Waals surface area contributed by atoms with Crippen LogP contribution < -0.4 is 14.4 Å². The van der Waals surface area contributed by atoms with Crippen LogP contribution >= 0.6 is 11.6 Å². The molecule has 1 saturated carbocycles. The first kappa shape index (κ1) is 38.6. The number of nitrogens with zero attached hydrogens (tertiary/aromatic N) is 3. The SMILES string of the molecule is CO[C@]1(CC(=O)N2CC[C@@H](N(C)C)C2)/C=C/C[C@H](C)[C@@H](C)S(=O)(=O)NC(=O)c2ccc3c(c2)N(CCCCc2cc(Cl)ccc2CO3)C[C@@H]2CC[C@H]21. The molecule has 2 aromatic carbocycles. The van der Waals surface area contributed by atoms with Crippen LogP contribution in [0.1, 0.15) is 80.3 Å². The van der Waals surface area contributed by atoms with Gasteiger partial charge in [-0.05, 0) is 125 Å². The molecule has 2 bridgehead atoms. The first-order valence-corrected chi connectivity index (χ1v) is 20.7. The zero-order chi connectivity index (χ0) is 37.2. The molecule has 284 valence electrons. The third-order valence-electron chi connectivity index (χ3n) is 12.2. The molecule has 1 saturated heterocycles. The van der Waals surface area contributed by atoms with Crippen molar-refractivity contribution in [2.75, 3.05) is 52.3 Å². The Morgan fingerprint density at radius 2 is 1.87 bits per heavy atom. The number of benzene rings is 2. The summed E-state index contributed by atoms with van der Waals surface area (Å²) in [6.45, 7) is 6.65. The molecule has 0 aromatic heterocycles. The van der Waals surface area contributed by atoms with Crippen molar-refractivity contribution < 1.29 is 27.5 Å². The van der Waals surface area contributed by atoms with Gasteiger partial charge in [0.05, 0.1) is 23.0 Å². The Bertz CT molecular complexity index is 1770. The molecule has 1 aliphatic carbocycles. The lowest BCUT2D eigenvalue weighted by Crippen LogP contribution is -2.53. The number of methoxy groups -OCH3 is 1. The Morgan fingerprint density at radius 1 is 1.06 bits per heavy atom. The van der Waals surface area contributed by atoms with Crippen LogP contribution in [0.2, 0.25) is 5.02 Å². The number of nitrogens with one attached hydrogen (secondary N) is 1. The molecule has 6 rings (SSSR count). The number of fused-ring (bicyclic) bond motifs is 3. The van der Waals surface area contributed by atoms with Gasteiger partial charge in [0.1, 0.15) is 12.4 Å². The lowest BCUT2D eigenvalue weighted by molar-refractivity contribution is -0.142. The number of ether oxygens (including phenoxy) is 2. The van der Waals surface area contributed by atoms with Crippen molar-refractivity contribution in [1.82, 2.24) is 14.5 Å². The second kappa shape index (κ2) is 16.1. The zero-order valence-corrected chi connectivity index (χ0v) is 32.8. The van der Waals surface area contributed by atoms with E-state index in [2.05, 4.69) is 28.6 Å². The van der Waals surface area contributed by atoms with Crippen molar-refractivity contribution >= 4 is 39.1 Å². The number of rotatable bonds is 4. The minimum atomic E-state index is -4.01. The molecule has 2 fully saturated rings. The third-order valence-corrected chi connectivity index (χ3v) is 14.4. The summed E-state index contributed by atoms with van der Waals surface area (Å²) >= 11 is 6.39. The van der Waals surface area contributed by atoms with Crippen LogP contribution in [0.15, 0.2) is 48.6 Å². The zero-order valence-electron chi connectivity index (χ0n) is 31.3. The first-order valence-electron chi connectivity index (χ1n) is 18.8. The summed E-state index contributed by atoms with van der Waals surface area (Å²) in [5.74, 6) is 0.0250. The Morgan fingerprint density at radius 3 is 2.58 bits per heavy atom. The predicted octanol–water partition coefficient (Wildman–Crippen LogP) is 6.07. The van der Waals surface area contributed by atoms with Crippen molar-refractivity contribution in [3.8, 4) is 5.75 Å². The molecule has 2 aromatic rings. The largest absolute Gasteiger partial charge is 0.487 e. The minimum absolute atomic E-state index is 0.0646. The van der Waals surface area contributed by atoms with E-state index < -0.39 is 26.8 Å². The van der Waals surface area contributed by atoms with E-state index in [0.717, 1.165) is 61.9 Å². The predicted molar refractivity (Wildman–Crippen MR) is 205 cm³/mol. The lowest BCUT2D eigenvalue weighted by Gasteiger charge is -2.50. The van der Waals surface area contributed by atoms with Gasteiger partial charge in [0.2, 0.25) is 15.9 Å². The molecular formula is C40H55ClN4O6S. The number of carbonyl (C=O) groups excluding carboxylic acids is 2. The van der Waals surface area contributed by atoms with Gasteiger partial charge in [0.25, 0.3) is 5.91 Å². The highest BCUT2D eigenvalue weighted by molar-refractivity contribution is 7.90. The minimum Gasteiger partial charge on any atom is -0.487 e. The number of hydrogen-bond donors (Lipinski definition) is 1. The van der Waals surface area contributed by atoms with Gasteiger partial charge in [-0.15, -0.1) is 0 Å². The topological polar surface area (TPSA) is 108 Å².